The van der Waals surface area contributed by atoms with Crippen LogP contribution in [0.15, 0.2) is 42.6 Å². The van der Waals surface area contributed by atoms with E-state index in [9.17, 15) is 0 Å². The molecule has 0 spiro atoms. The number of halogens is 1. The Hall–Kier alpha value is -3.50. The standard InChI is InChI=1S/C22H18ClN5O2/c1-29-21-18(12-25-22(26-21)30-2)19-10-17(20(23)28-27-19)16-9-15(16)8-7-13-3-5-14(11-24)6-4-13/h3-8,10,12,15-16H,9H2,1-2H3/b8-7+/t15-,16-/m0/s1. The number of ether oxygens (including phenoxy) is 2. The smallest absolute Gasteiger partial charge is 0.319 e. The van der Waals surface area contributed by atoms with Gasteiger partial charge in [-0.15, -0.1) is 10.2 Å². The van der Waals surface area contributed by atoms with Crippen LogP contribution in [-0.2, 0) is 0 Å². The van der Waals surface area contributed by atoms with Gasteiger partial charge in [0.15, 0.2) is 5.15 Å². The molecule has 0 unspecified atom stereocenters. The van der Waals surface area contributed by atoms with Crippen molar-refractivity contribution in [1.29, 1.82) is 5.26 Å². The lowest BCUT2D eigenvalue weighted by Crippen LogP contribution is -2.00. The zero-order valence-corrected chi connectivity index (χ0v) is 17.2. The van der Waals surface area contributed by atoms with Gasteiger partial charge < -0.3 is 9.47 Å². The Bertz CT molecular complexity index is 1140. The van der Waals surface area contributed by atoms with Crippen molar-refractivity contribution in [1.82, 2.24) is 20.2 Å². The number of hydrogen-bond donors (Lipinski definition) is 0. The van der Waals surface area contributed by atoms with Crippen molar-refractivity contribution >= 4 is 17.7 Å². The van der Waals surface area contributed by atoms with Crippen molar-refractivity contribution in [2.24, 2.45) is 5.92 Å². The molecule has 8 heteroatoms. The molecule has 3 aromatic rings. The van der Waals surface area contributed by atoms with Crippen LogP contribution in [0.1, 0.15) is 29.0 Å². The number of rotatable bonds is 6. The predicted molar refractivity (Wildman–Crippen MR) is 112 cm³/mol. The molecule has 0 bridgehead atoms. The van der Waals surface area contributed by atoms with E-state index in [0.717, 1.165) is 17.5 Å². The quantitative estimate of drug-likeness (QED) is 0.588. The molecule has 1 aliphatic rings. The number of benzene rings is 1. The molecule has 150 valence electrons. The molecule has 0 N–H and O–H groups in total. The minimum Gasteiger partial charge on any atom is -0.480 e. The van der Waals surface area contributed by atoms with Gasteiger partial charge in [0.1, 0.15) is 5.69 Å². The topological polar surface area (TPSA) is 93.8 Å². The molecule has 1 saturated carbocycles. The first kappa shape index (κ1) is 19.8. The van der Waals surface area contributed by atoms with Gasteiger partial charge >= 0.3 is 6.01 Å². The van der Waals surface area contributed by atoms with Gasteiger partial charge in [0.05, 0.1) is 31.4 Å². The first-order valence-electron chi connectivity index (χ1n) is 9.29. The molecule has 1 aromatic carbocycles. The number of allylic oxidation sites excluding steroid dienone is 1. The van der Waals surface area contributed by atoms with Crippen LogP contribution >= 0.6 is 11.6 Å². The fraction of sp³-hybridized carbons (Fsp3) is 0.227. The normalized spacial score (nSPS) is 17.5. The average molecular weight is 420 g/mol. The molecule has 2 heterocycles. The van der Waals surface area contributed by atoms with Gasteiger partial charge in [-0.2, -0.15) is 10.2 Å². The van der Waals surface area contributed by atoms with Gasteiger partial charge in [-0.25, -0.2) is 4.98 Å². The molecule has 0 aliphatic heterocycles. The summed E-state index contributed by atoms with van der Waals surface area (Å²) in [7, 11) is 3.02. The molecule has 0 radical (unpaired) electrons. The van der Waals surface area contributed by atoms with Crippen molar-refractivity contribution in [3.63, 3.8) is 0 Å². The molecule has 2 atom stereocenters. The van der Waals surface area contributed by atoms with E-state index in [4.69, 9.17) is 26.3 Å². The van der Waals surface area contributed by atoms with Crippen LogP contribution in [-0.4, -0.2) is 34.4 Å². The van der Waals surface area contributed by atoms with E-state index in [1.165, 1.54) is 14.2 Å². The zero-order valence-electron chi connectivity index (χ0n) is 16.4. The fourth-order valence-electron chi connectivity index (χ4n) is 3.25. The molecule has 7 nitrogen and oxygen atoms in total. The SMILES string of the molecule is COc1ncc(-c2cc([C@H]3C[C@@H]3/C=C/c3ccc(C#N)cc3)c(Cl)nn2)c(OC)n1. The van der Waals surface area contributed by atoms with E-state index in [1.807, 2.05) is 30.3 Å². The Morgan fingerprint density at radius 1 is 1.17 bits per heavy atom. The Kier molecular flexibility index (Phi) is 5.59. The molecule has 0 amide bonds. The Labute approximate surface area is 179 Å². The maximum absolute atomic E-state index is 8.89. The summed E-state index contributed by atoms with van der Waals surface area (Å²) >= 11 is 6.35. The summed E-state index contributed by atoms with van der Waals surface area (Å²) in [5, 5.41) is 17.6. The summed E-state index contributed by atoms with van der Waals surface area (Å²) in [4.78, 5) is 8.34. The summed E-state index contributed by atoms with van der Waals surface area (Å²) < 4.78 is 10.4. The molecule has 0 saturated heterocycles. The summed E-state index contributed by atoms with van der Waals surface area (Å²) in [6.45, 7) is 0. The third-order valence-electron chi connectivity index (χ3n) is 4.97. The van der Waals surface area contributed by atoms with Gasteiger partial charge in [0, 0.05) is 6.20 Å². The lowest BCUT2D eigenvalue weighted by atomic mass is 10.1. The van der Waals surface area contributed by atoms with Crippen molar-refractivity contribution in [2.75, 3.05) is 14.2 Å². The van der Waals surface area contributed by atoms with Gasteiger partial charge in [-0.05, 0) is 47.6 Å². The third kappa shape index (κ3) is 4.09. The predicted octanol–water partition coefficient (Wildman–Crippen LogP) is 4.29. The molecule has 4 rings (SSSR count). The zero-order chi connectivity index (χ0) is 21.1. The Balaban J connectivity index is 1.55. The van der Waals surface area contributed by atoms with Crippen molar-refractivity contribution in [3.05, 3.63) is 64.4 Å². The third-order valence-corrected chi connectivity index (χ3v) is 5.27. The maximum atomic E-state index is 8.89. The molecular formula is C22H18ClN5O2. The molecule has 2 aromatic heterocycles. The lowest BCUT2D eigenvalue weighted by Gasteiger charge is -2.09. The summed E-state index contributed by atoms with van der Waals surface area (Å²) in [5.41, 5.74) is 3.86. The summed E-state index contributed by atoms with van der Waals surface area (Å²) in [5.74, 6) is 0.994. The van der Waals surface area contributed by atoms with Crippen LogP contribution in [0.2, 0.25) is 5.15 Å². The Morgan fingerprint density at radius 3 is 2.67 bits per heavy atom. The van der Waals surface area contributed by atoms with Gasteiger partial charge in [0.2, 0.25) is 5.88 Å². The highest BCUT2D eigenvalue weighted by molar-refractivity contribution is 6.30. The lowest BCUT2D eigenvalue weighted by molar-refractivity contribution is 0.353. The monoisotopic (exact) mass is 419 g/mol. The number of nitrogens with zero attached hydrogens (tertiary/aromatic N) is 5. The first-order valence-corrected chi connectivity index (χ1v) is 9.67. The second-order valence-electron chi connectivity index (χ2n) is 6.85. The molecule has 1 aliphatic carbocycles. The minimum absolute atomic E-state index is 0.216. The van der Waals surface area contributed by atoms with Crippen LogP contribution in [0.25, 0.3) is 17.3 Å². The minimum atomic E-state index is 0.216. The number of hydrogen-bond acceptors (Lipinski definition) is 7. The summed E-state index contributed by atoms with van der Waals surface area (Å²) in [6, 6.07) is 11.7. The van der Waals surface area contributed by atoms with Crippen molar-refractivity contribution in [2.45, 2.75) is 12.3 Å². The van der Waals surface area contributed by atoms with E-state index >= 15 is 0 Å². The van der Waals surface area contributed by atoms with E-state index < -0.39 is 0 Å². The van der Waals surface area contributed by atoms with E-state index in [0.29, 0.717) is 33.8 Å². The van der Waals surface area contributed by atoms with Crippen LogP contribution in [0.4, 0.5) is 0 Å². The Morgan fingerprint density at radius 2 is 1.97 bits per heavy atom. The van der Waals surface area contributed by atoms with Crippen LogP contribution in [0.3, 0.4) is 0 Å². The van der Waals surface area contributed by atoms with Gasteiger partial charge in [-0.1, -0.05) is 35.9 Å². The molecule has 1 fully saturated rings. The second kappa shape index (κ2) is 8.47. The number of aromatic nitrogens is 4. The highest BCUT2D eigenvalue weighted by Crippen LogP contribution is 2.50. The molecule has 30 heavy (non-hydrogen) atoms. The number of nitriles is 1. The maximum Gasteiger partial charge on any atom is 0.319 e. The highest BCUT2D eigenvalue weighted by atomic mass is 35.5. The van der Waals surface area contributed by atoms with E-state index in [-0.39, 0.29) is 11.9 Å². The first-order chi connectivity index (χ1) is 14.6. The van der Waals surface area contributed by atoms with Gasteiger partial charge in [0.25, 0.3) is 0 Å². The number of methoxy groups -OCH3 is 2. The van der Waals surface area contributed by atoms with E-state index in [1.54, 1.807) is 6.20 Å². The van der Waals surface area contributed by atoms with Gasteiger partial charge in [-0.3, -0.25) is 0 Å². The van der Waals surface area contributed by atoms with Crippen molar-refractivity contribution in [3.8, 4) is 29.2 Å². The largest absolute Gasteiger partial charge is 0.480 e. The van der Waals surface area contributed by atoms with E-state index in [2.05, 4.69) is 38.4 Å². The van der Waals surface area contributed by atoms with Crippen molar-refractivity contribution < 1.29 is 9.47 Å². The van der Waals surface area contributed by atoms with Crippen LogP contribution < -0.4 is 9.47 Å². The fourth-order valence-corrected chi connectivity index (χ4v) is 3.48. The van der Waals surface area contributed by atoms with Crippen LogP contribution in [0, 0.1) is 17.2 Å². The summed E-state index contributed by atoms with van der Waals surface area (Å²) in [6.07, 6.45) is 6.81. The second-order valence-corrected chi connectivity index (χ2v) is 7.21. The highest BCUT2D eigenvalue weighted by Gasteiger charge is 2.38. The molecular weight excluding hydrogens is 402 g/mol. The average Bonchev–Trinajstić information content (AvgIpc) is 3.57. The van der Waals surface area contributed by atoms with Crippen LogP contribution in [0.5, 0.6) is 11.9 Å².